The Morgan fingerprint density at radius 2 is 2.00 bits per heavy atom. The molecule has 1 N–H and O–H groups in total. The average molecular weight is 293 g/mol. The lowest BCUT2D eigenvalue weighted by atomic mass is 10.3. The number of nitrogens with one attached hydrogen (secondary N) is 1. The molecule has 20 heavy (non-hydrogen) atoms. The van der Waals surface area contributed by atoms with Gasteiger partial charge in [-0.1, -0.05) is 5.16 Å². The van der Waals surface area contributed by atoms with E-state index in [2.05, 4.69) is 15.5 Å². The highest BCUT2D eigenvalue weighted by atomic mass is 32.1. The van der Waals surface area contributed by atoms with Crippen LogP contribution in [0.15, 0.2) is 39.5 Å². The van der Waals surface area contributed by atoms with E-state index < -0.39 is 11.6 Å². The summed E-state index contributed by atoms with van der Waals surface area (Å²) in [6.45, 7) is 0.194. The van der Waals surface area contributed by atoms with E-state index in [0.29, 0.717) is 17.4 Å². The topological polar surface area (TPSA) is 51.0 Å². The lowest BCUT2D eigenvalue weighted by Crippen LogP contribution is -2.00. The number of aromatic nitrogens is 2. The van der Waals surface area contributed by atoms with E-state index in [0.717, 1.165) is 11.6 Å². The summed E-state index contributed by atoms with van der Waals surface area (Å²) in [6.07, 6.45) is 0. The van der Waals surface area contributed by atoms with Crippen molar-refractivity contribution in [1.82, 2.24) is 10.1 Å². The van der Waals surface area contributed by atoms with Crippen LogP contribution in [0.4, 0.5) is 14.5 Å². The smallest absolute Gasteiger partial charge is 0.246 e. The number of thiophene rings is 1. The predicted octanol–water partition coefficient (Wildman–Crippen LogP) is 3.69. The van der Waals surface area contributed by atoms with Gasteiger partial charge in [0, 0.05) is 22.7 Å². The average Bonchev–Trinajstić information content (AvgIpc) is 3.06. The maximum Gasteiger partial charge on any atom is 0.246 e. The molecule has 0 unspecified atom stereocenters. The molecule has 0 bridgehead atoms. The highest BCUT2D eigenvalue weighted by Crippen LogP contribution is 2.19. The minimum absolute atomic E-state index is 0.194. The third-order valence-electron chi connectivity index (χ3n) is 2.55. The molecule has 3 rings (SSSR count). The summed E-state index contributed by atoms with van der Waals surface area (Å²) in [5.74, 6) is -0.446. The molecule has 0 atom stereocenters. The Bertz CT molecular complexity index is 692. The van der Waals surface area contributed by atoms with E-state index in [1.807, 2.05) is 16.8 Å². The molecule has 4 nitrogen and oxygen atoms in total. The molecule has 7 heteroatoms. The minimum atomic E-state index is -0.642. The summed E-state index contributed by atoms with van der Waals surface area (Å²) >= 11 is 1.54. The van der Waals surface area contributed by atoms with Crippen LogP contribution in [0, 0.1) is 11.6 Å². The van der Waals surface area contributed by atoms with Crippen LogP contribution >= 0.6 is 11.3 Å². The monoisotopic (exact) mass is 293 g/mol. The Hall–Kier alpha value is -2.28. The Morgan fingerprint density at radius 1 is 1.20 bits per heavy atom. The molecule has 0 saturated heterocycles. The van der Waals surface area contributed by atoms with Gasteiger partial charge in [0.1, 0.15) is 11.6 Å². The fourth-order valence-electron chi connectivity index (χ4n) is 1.67. The molecule has 0 aliphatic rings. The highest BCUT2D eigenvalue weighted by molar-refractivity contribution is 7.08. The summed E-state index contributed by atoms with van der Waals surface area (Å²) in [5.41, 5.74) is 1.19. The van der Waals surface area contributed by atoms with E-state index >= 15 is 0 Å². The van der Waals surface area contributed by atoms with Gasteiger partial charge in [-0.2, -0.15) is 16.3 Å². The van der Waals surface area contributed by atoms with Crippen molar-refractivity contribution in [3.8, 4) is 11.4 Å². The molecule has 0 spiro atoms. The first-order valence-corrected chi connectivity index (χ1v) is 6.70. The van der Waals surface area contributed by atoms with Gasteiger partial charge in [-0.25, -0.2) is 8.78 Å². The quantitative estimate of drug-likeness (QED) is 0.797. The molecule has 0 aliphatic carbocycles. The van der Waals surface area contributed by atoms with Crippen LogP contribution < -0.4 is 5.32 Å². The van der Waals surface area contributed by atoms with Crippen LogP contribution in [-0.2, 0) is 6.54 Å². The summed E-state index contributed by atoms with van der Waals surface area (Å²) in [6, 6.07) is 5.08. The largest absolute Gasteiger partial charge is 0.376 e. The second-order valence-electron chi connectivity index (χ2n) is 4.04. The van der Waals surface area contributed by atoms with Gasteiger partial charge in [-0.3, -0.25) is 0 Å². The summed E-state index contributed by atoms with van der Waals surface area (Å²) in [4.78, 5) is 4.19. The van der Waals surface area contributed by atoms with E-state index in [-0.39, 0.29) is 6.54 Å². The van der Waals surface area contributed by atoms with Crippen LogP contribution in [0.5, 0.6) is 0 Å². The van der Waals surface area contributed by atoms with Crippen molar-refractivity contribution in [3.63, 3.8) is 0 Å². The van der Waals surface area contributed by atoms with E-state index in [4.69, 9.17) is 4.52 Å². The highest BCUT2D eigenvalue weighted by Gasteiger charge is 2.09. The zero-order valence-corrected chi connectivity index (χ0v) is 11.0. The fraction of sp³-hybridized carbons (Fsp3) is 0.0769. The Morgan fingerprint density at radius 3 is 2.70 bits per heavy atom. The first-order valence-electron chi connectivity index (χ1n) is 5.76. The van der Waals surface area contributed by atoms with Gasteiger partial charge >= 0.3 is 0 Å². The standard InChI is InChI=1S/C13H9F2N3OS/c14-9-3-10(15)5-11(4-9)16-6-12-17-13(18-19-12)8-1-2-20-7-8/h1-5,7,16H,6H2. The molecule has 102 valence electrons. The number of anilines is 1. The zero-order chi connectivity index (χ0) is 13.9. The Balaban J connectivity index is 1.69. The first-order chi connectivity index (χ1) is 9.70. The first kappa shape index (κ1) is 12.7. The number of hydrogen-bond acceptors (Lipinski definition) is 5. The van der Waals surface area contributed by atoms with Gasteiger partial charge in [0.05, 0.1) is 6.54 Å². The summed E-state index contributed by atoms with van der Waals surface area (Å²) in [7, 11) is 0. The van der Waals surface area contributed by atoms with Crippen molar-refractivity contribution < 1.29 is 13.3 Å². The second-order valence-corrected chi connectivity index (χ2v) is 4.82. The third kappa shape index (κ3) is 2.83. The van der Waals surface area contributed by atoms with Gasteiger partial charge < -0.3 is 9.84 Å². The van der Waals surface area contributed by atoms with Gasteiger partial charge in [-0.15, -0.1) is 0 Å². The fourth-order valence-corrected chi connectivity index (χ4v) is 2.30. The van der Waals surface area contributed by atoms with Gasteiger partial charge in [0.25, 0.3) is 0 Å². The molecule has 0 fully saturated rings. The Kier molecular flexibility index (Phi) is 3.42. The normalized spacial score (nSPS) is 10.7. The SMILES string of the molecule is Fc1cc(F)cc(NCc2nc(-c3ccsc3)no2)c1. The van der Waals surface area contributed by atoms with E-state index in [1.165, 1.54) is 23.5 Å². The molecular weight excluding hydrogens is 284 g/mol. The van der Waals surface area contributed by atoms with Crippen molar-refractivity contribution in [2.75, 3.05) is 5.32 Å². The van der Waals surface area contributed by atoms with Crippen molar-refractivity contribution in [2.24, 2.45) is 0 Å². The maximum absolute atomic E-state index is 13.0. The van der Waals surface area contributed by atoms with E-state index in [9.17, 15) is 8.78 Å². The van der Waals surface area contributed by atoms with Crippen LogP contribution in [0.3, 0.4) is 0 Å². The number of hydrogen-bond donors (Lipinski definition) is 1. The number of halogens is 2. The number of rotatable bonds is 4. The molecule has 2 heterocycles. The molecule has 1 aromatic carbocycles. The zero-order valence-electron chi connectivity index (χ0n) is 10.1. The summed E-state index contributed by atoms with van der Waals surface area (Å²) < 4.78 is 31.1. The third-order valence-corrected chi connectivity index (χ3v) is 3.24. The second kappa shape index (κ2) is 5.38. The van der Waals surface area contributed by atoms with Crippen LogP contribution in [0.2, 0.25) is 0 Å². The van der Waals surface area contributed by atoms with Crippen molar-refractivity contribution in [1.29, 1.82) is 0 Å². The maximum atomic E-state index is 13.0. The van der Waals surface area contributed by atoms with Crippen molar-refractivity contribution in [3.05, 3.63) is 52.6 Å². The minimum Gasteiger partial charge on any atom is -0.376 e. The van der Waals surface area contributed by atoms with Crippen LogP contribution in [-0.4, -0.2) is 10.1 Å². The van der Waals surface area contributed by atoms with E-state index in [1.54, 1.807) is 0 Å². The lowest BCUT2D eigenvalue weighted by molar-refractivity contribution is 0.384. The predicted molar refractivity (Wildman–Crippen MR) is 71.3 cm³/mol. The molecule has 0 saturated carbocycles. The molecule has 0 amide bonds. The molecule has 2 aromatic heterocycles. The lowest BCUT2D eigenvalue weighted by Gasteiger charge is -2.03. The number of benzene rings is 1. The van der Waals surface area contributed by atoms with Crippen LogP contribution in [0.1, 0.15) is 5.89 Å². The van der Waals surface area contributed by atoms with Gasteiger partial charge in [-0.05, 0) is 23.6 Å². The number of nitrogens with zero attached hydrogens (tertiary/aromatic N) is 2. The van der Waals surface area contributed by atoms with Crippen molar-refractivity contribution >= 4 is 17.0 Å². The molecule has 0 aliphatic heterocycles. The molecular formula is C13H9F2N3OS. The Labute approximate surface area is 117 Å². The van der Waals surface area contributed by atoms with Crippen molar-refractivity contribution in [2.45, 2.75) is 6.54 Å². The van der Waals surface area contributed by atoms with Crippen LogP contribution in [0.25, 0.3) is 11.4 Å². The molecule has 0 radical (unpaired) electrons. The molecule has 3 aromatic rings. The summed E-state index contributed by atoms with van der Waals surface area (Å²) in [5, 5.41) is 10.5. The van der Waals surface area contributed by atoms with Gasteiger partial charge in [0.15, 0.2) is 0 Å². The van der Waals surface area contributed by atoms with Gasteiger partial charge in [0.2, 0.25) is 11.7 Å².